The maximum absolute atomic E-state index is 13.0. The molecule has 1 aliphatic carbocycles. The Hall–Kier alpha value is -3.66. The van der Waals surface area contributed by atoms with Crippen molar-refractivity contribution in [1.29, 1.82) is 0 Å². The standard InChI is InChI=1S/C26H30N6O4/c27-23-6-4-16(14-28-23)30-8-10-31(11-9-30)17-12-18(13-17)36-22-3-1-2-19-20(22)15-32(26(19)35)21-5-7-24(33)29-25(21)34/h1-4,6,14,17-18,21H,5,7-13,15H2,(H2,27,28)(H,29,33,34)/t17?,18?,21-/m1/s1. The van der Waals surface area contributed by atoms with E-state index in [-0.39, 0.29) is 24.3 Å². The number of imide groups is 1. The van der Waals surface area contributed by atoms with Gasteiger partial charge >= 0.3 is 0 Å². The van der Waals surface area contributed by atoms with Gasteiger partial charge in [0.25, 0.3) is 5.91 Å². The molecule has 10 heteroatoms. The highest BCUT2D eigenvalue weighted by atomic mass is 16.5. The first-order valence-electron chi connectivity index (χ1n) is 12.6. The number of piperidine rings is 1. The zero-order chi connectivity index (χ0) is 24.8. The highest BCUT2D eigenvalue weighted by molar-refractivity contribution is 6.05. The summed E-state index contributed by atoms with van der Waals surface area (Å²) in [5.74, 6) is 0.400. The van der Waals surface area contributed by atoms with Crippen molar-refractivity contribution in [3.05, 3.63) is 47.7 Å². The second kappa shape index (κ2) is 9.09. The Balaban J connectivity index is 1.04. The lowest BCUT2D eigenvalue weighted by atomic mass is 9.87. The van der Waals surface area contributed by atoms with Crippen molar-refractivity contribution < 1.29 is 19.1 Å². The number of carbonyl (C=O) groups is 3. The van der Waals surface area contributed by atoms with E-state index in [2.05, 4.69) is 20.1 Å². The van der Waals surface area contributed by atoms with E-state index in [9.17, 15) is 14.4 Å². The maximum atomic E-state index is 13.0. The van der Waals surface area contributed by atoms with Gasteiger partial charge in [-0.15, -0.1) is 0 Å². The smallest absolute Gasteiger partial charge is 0.255 e. The molecular weight excluding hydrogens is 460 g/mol. The molecule has 2 aromatic rings. The molecule has 0 bridgehead atoms. The van der Waals surface area contributed by atoms with E-state index < -0.39 is 11.9 Å². The molecule has 1 aromatic carbocycles. The van der Waals surface area contributed by atoms with Crippen LogP contribution in [0.1, 0.15) is 41.6 Å². The van der Waals surface area contributed by atoms with Gasteiger partial charge in [-0.05, 0) is 30.7 Å². The highest BCUT2D eigenvalue weighted by Gasteiger charge is 2.41. The Morgan fingerprint density at radius 3 is 2.56 bits per heavy atom. The van der Waals surface area contributed by atoms with Crippen LogP contribution >= 0.6 is 0 Å². The third-order valence-electron chi connectivity index (χ3n) is 7.87. The van der Waals surface area contributed by atoms with E-state index in [0.29, 0.717) is 30.4 Å². The number of ether oxygens (including phenoxy) is 1. The number of nitrogens with one attached hydrogen (secondary N) is 1. The molecule has 36 heavy (non-hydrogen) atoms. The number of aromatic nitrogens is 1. The van der Waals surface area contributed by atoms with E-state index in [4.69, 9.17) is 10.5 Å². The number of pyridine rings is 1. The molecule has 1 saturated carbocycles. The predicted octanol–water partition coefficient (Wildman–Crippen LogP) is 1.16. The van der Waals surface area contributed by atoms with Gasteiger partial charge in [-0.1, -0.05) is 6.07 Å². The van der Waals surface area contributed by atoms with Gasteiger partial charge in [-0.25, -0.2) is 4.98 Å². The Labute approximate surface area is 209 Å². The zero-order valence-electron chi connectivity index (χ0n) is 20.1. The van der Waals surface area contributed by atoms with Crippen LogP contribution in [-0.4, -0.2) is 76.9 Å². The van der Waals surface area contributed by atoms with Gasteiger partial charge in [0.1, 0.15) is 23.7 Å². The first kappa shape index (κ1) is 22.8. The number of carbonyl (C=O) groups excluding carboxylic acids is 3. The average molecular weight is 491 g/mol. The summed E-state index contributed by atoms with van der Waals surface area (Å²) in [5.41, 5.74) is 8.23. The number of rotatable bonds is 5. The second-order valence-corrected chi connectivity index (χ2v) is 10.0. The van der Waals surface area contributed by atoms with Crippen LogP contribution < -0.4 is 20.7 Å². The Bertz CT molecular complexity index is 1190. The van der Waals surface area contributed by atoms with Crippen molar-refractivity contribution in [3.63, 3.8) is 0 Å². The summed E-state index contributed by atoms with van der Waals surface area (Å²) < 4.78 is 6.35. The van der Waals surface area contributed by atoms with Crippen molar-refractivity contribution in [2.75, 3.05) is 36.8 Å². The van der Waals surface area contributed by atoms with Crippen LogP contribution in [0.3, 0.4) is 0 Å². The fraction of sp³-hybridized carbons (Fsp3) is 0.462. The van der Waals surface area contributed by atoms with Gasteiger partial charge in [0, 0.05) is 62.6 Å². The number of fused-ring (bicyclic) bond motifs is 1. The first-order chi connectivity index (χ1) is 17.5. The quantitative estimate of drug-likeness (QED) is 0.599. The van der Waals surface area contributed by atoms with E-state index in [0.717, 1.165) is 56.0 Å². The molecule has 4 heterocycles. The first-order valence-corrected chi connectivity index (χ1v) is 12.6. The molecule has 4 aliphatic rings. The minimum absolute atomic E-state index is 0.112. The molecule has 10 nitrogen and oxygen atoms in total. The SMILES string of the molecule is Nc1ccc(N2CCN(C3CC(Oc4cccc5c4CN([C@@H]4CCC(=O)NC4=O)C5=O)C3)CC2)cn1. The van der Waals surface area contributed by atoms with Gasteiger partial charge < -0.3 is 20.3 Å². The van der Waals surface area contributed by atoms with Gasteiger partial charge in [-0.3, -0.25) is 24.6 Å². The largest absolute Gasteiger partial charge is 0.490 e. The number of nitrogens with two attached hydrogens (primary N) is 1. The van der Waals surface area contributed by atoms with Crippen LogP contribution in [0, 0.1) is 0 Å². The predicted molar refractivity (Wildman–Crippen MR) is 132 cm³/mol. The number of nitrogen functional groups attached to an aromatic ring is 1. The molecule has 188 valence electrons. The Morgan fingerprint density at radius 1 is 1.03 bits per heavy atom. The molecule has 6 rings (SSSR count). The van der Waals surface area contributed by atoms with Crippen molar-refractivity contribution >= 4 is 29.2 Å². The summed E-state index contributed by atoms with van der Waals surface area (Å²) in [5, 5.41) is 2.35. The second-order valence-electron chi connectivity index (χ2n) is 10.0. The third-order valence-corrected chi connectivity index (χ3v) is 7.87. The van der Waals surface area contributed by atoms with Gasteiger partial charge in [-0.2, -0.15) is 0 Å². The van der Waals surface area contributed by atoms with Gasteiger partial charge in [0.15, 0.2) is 0 Å². The molecular formula is C26H30N6O4. The van der Waals surface area contributed by atoms with Crippen molar-refractivity contribution in [2.45, 2.75) is 50.4 Å². The van der Waals surface area contributed by atoms with Gasteiger partial charge in [0.2, 0.25) is 11.8 Å². The molecule has 0 spiro atoms. The molecule has 3 aliphatic heterocycles. The van der Waals surface area contributed by atoms with Crippen molar-refractivity contribution in [1.82, 2.24) is 20.1 Å². The minimum Gasteiger partial charge on any atom is -0.490 e. The average Bonchev–Trinajstić information content (AvgIpc) is 3.19. The summed E-state index contributed by atoms with van der Waals surface area (Å²) in [7, 11) is 0. The van der Waals surface area contributed by atoms with Crippen LogP contribution in [-0.2, 0) is 16.1 Å². The third kappa shape index (κ3) is 4.15. The lowest BCUT2D eigenvalue weighted by Crippen LogP contribution is -2.56. The number of piperazine rings is 1. The number of amides is 3. The number of benzene rings is 1. The number of anilines is 2. The fourth-order valence-electron chi connectivity index (χ4n) is 5.71. The molecule has 1 atom stereocenters. The summed E-state index contributed by atoms with van der Waals surface area (Å²) >= 11 is 0. The summed E-state index contributed by atoms with van der Waals surface area (Å²) in [6, 6.07) is 9.28. The Kier molecular flexibility index (Phi) is 5.75. The van der Waals surface area contributed by atoms with E-state index >= 15 is 0 Å². The van der Waals surface area contributed by atoms with Crippen LogP contribution in [0.5, 0.6) is 5.75 Å². The lowest BCUT2D eigenvalue weighted by Gasteiger charge is -2.46. The van der Waals surface area contributed by atoms with Crippen LogP contribution in [0.15, 0.2) is 36.5 Å². The summed E-state index contributed by atoms with van der Waals surface area (Å²) in [6.45, 7) is 4.24. The molecule has 0 unspecified atom stereocenters. The number of hydrogen-bond acceptors (Lipinski definition) is 8. The molecule has 3 N–H and O–H groups in total. The van der Waals surface area contributed by atoms with Crippen LogP contribution in [0.25, 0.3) is 0 Å². The molecule has 3 fully saturated rings. The van der Waals surface area contributed by atoms with Gasteiger partial charge in [0.05, 0.1) is 18.4 Å². The Morgan fingerprint density at radius 2 is 1.83 bits per heavy atom. The number of hydrogen-bond donors (Lipinski definition) is 2. The van der Waals surface area contributed by atoms with Crippen molar-refractivity contribution in [2.24, 2.45) is 0 Å². The highest BCUT2D eigenvalue weighted by Crippen LogP contribution is 2.37. The zero-order valence-corrected chi connectivity index (χ0v) is 20.1. The van der Waals surface area contributed by atoms with Crippen LogP contribution in [0.2, 0.25) is 0 Å². The molecule has 0 radical (unpaired) electrons. The van der Waals surface area contributed by atoms with E-state index in [1.165, 1.54) is 0 Å². The van der Waals surface area contributed by atoms with Crippen LogP contribution in [0.4, 0.5) is 11.5 Å². The number of nitrogens with zero attached hydrogens (tertiary/aromatic N) is 4. The molecule has 2 saturated heterocycles. The summed E-state index contributed by atoms with van der Waals surface area (Å²) in [4.78, 5) is 47.5. The minimum atomic E-state index is -0.619. The van der Waals surface area contributed by atoms with Crippen molar-refractivity contribution in [3.8, 4) is 5.75 Å². The lowest BCUT2D eigenvalue weighted by molar-refractivity contribution is -0.136. The molecule has 3 amide bonds. The maximum Gasteiger partial charge on any atom is 0.255 e. The summed E-state index contributed by atoms with van der Waals surface area (Å²) in [6.07, 6.45) is 4.46. The van der Waals surface area contributed by atoms with E-state index in [1.807, 2.05) is 30.5 Å². The monoisotopic (exact) mass is 490 g/mol. The normalized spacial score (nSPS) is 26.4. The topological polar surface area (TPSA) is 121 Å². The van der Waals surface area contributed by atoms with E-state index in [1.54, 1.807) is 11.0 Å². The fourth-order valence-corrected chi connectivity index (χ4v) is 5.71. The molecule has 1 aromatic heterocycles.